The number of carbonyl (C=O) groups excluding carboxylic acids is 1. The van der Waals surface area contributed by atoms with E-state index in [0.717, 1.165) is 12.8 Å². The zero-order chi connectivity index (χ0) is 22.2. The number of aromatic nitrogens is 1. The maximum atomic E-state index is 13.3. The summed E-state index contributed by atoms with van der Waals surface area (Å²) in [5.41, 5.74) is 7.52. The molecule has 2 aromatic carbocycles. The van der Waals surface area contributed by atoms with E-state index in [1.807, 2.05) is 29.4 Å². The average Bonchev–Trinajstić information content (AvgIpc) is 3.16. The van der Waals surface area contributed by atoms with Crippen molar-refractivity contribution >= 4 is 6.09 Å². The Hall–Kier alpha value is -3.44. The Morgan fingerprint density at radius 3 is 2.36 bits per heavy atom. The Balaban J connectivity index is 1.18. The minimum atomic E-state index is -0.241. The molecule has 1 aromatic heterocycles. The number of rotatable bonds is 4. The van der Waals surface area contributed by atoms with E-state index in [2.05, 4.69) is 59.6 Å². The molecular weight excluding hydrogens is 412 g/mol. The lowest BCUT2D eigenvalue weighted by atomic mass is 9.91. The number of hydrogen-bond donors (Lipinski definition) is 0. The van der Waals surface area contributed by atoms with E-state index in [0.29, 0.717) is 19.8 Å². The highest BCUT2D eigenvalue weighted by atomic mass is 16.6. The molecule has 0 radical (unpaired) electrons. The van der Waals surface area contributed by atoms with E-state index in [1.54, 1.807) is 0 Å². The van der Waals surface area contributed by atoms with Crippen LogP contribution in [-0.4, -0.2) is 47.9 Å². The summed E-state index contributed by atoms with van der Waals surface area (Å²) < 4.78 is 11.7. The number of nitrogens with zero attached hydrogens (tertiary/aromatic N) is 2. The predicted octanol–water partition coefficient (Wildman–Crippen LogP) is 4.97. The van der Waals surface area contributed by atoms with E-state index in [1.165, 1.54) is 33.4 Å². The molecule has 0 saturated carbocycles. The van der Waals surface area contributed by atoms with Crippen molar-refractivity contribution in [3.63, 3.8) is 0 Å². The quantitative estimate of drug-likeness (QED) is 0.540. The van der Waals surface area contributed by atoms with Crippen molar-refractivity contribution in [2.45, 2.75) is 30.8 Å². The third-order valence-corrected chi connectivity index (χ3v) is 7.00. The fourth-order valence-electron chi connectivity index (χ4n) is 5.53. The number of pyridine rings is 1. The summed E-state index contributed by atoms with van der Waals surface area (Å²) in [6.45, 7) is 1.41. The zero-order valence-electron chi connectivity index (χ0n) is 18.4. The predicted molar refractivity (Wildman–Crippen MR) is 126 cm³/mol. The van der Waals surface area contributed by atoms with Gasteiger partial charge in [-0.3, -0.25) is 9.88 Å². The standard InChI is InChI=1S/C28H26N2O3/c31-28(33-18-27-25-7-3-1-5-23(25)24-6-2-4-8-26(24)27)30-21-14-20(15-22(30)17-32-16-21)13-19-9-11-29-12-10-19/h1-12,14,21-22,27H,13,15-18H2. The van der Waals surface area contributed by atoms with Gasteiger partial charge in [0.2, 0.25) is 0 Å². The van der Waals surface area contributed by atoms with Gasteiger partial charge in [0.05, 0.1) is 25.3 Å². The van der Waals surface area contributed by atoms with Crippen molar-refractivity contribution in [1.29, 1.82) is 0 Å². The molecule has 1 saturated heterocycles. The van der Waals surface area contributed by atoms with Crippen molar-refractivity contribution in [2.24, 2.45) is 0 Å². The van der Waals surface area contributed by atoms with Crippen molar-refractivity contribution in [1.82, 2.24) is 9.88 Å². The van der Waals surface area contributed by atoms with E-state index in [9.17, 15) is 4.79 Å². The molecule has 3 heterocycles. The van der Waals surface area contributed by atoms with Crippen LogP contribution in [0.15, 0.2) is 84.7 Å². The van der Waals surface area contributed by atoms with Gasteiger partial charge < -0.3 is 9.47 Å². The lowest BCUT2D eigenvalue weighted by molar-refractivity contribution is -0.0363. The van der Waals surface area contributed by atoms with Gasteiger partial charge in [-0.15, -0.1) is 0 Å². The highest BCUT2D eigenvalue weighted by Crippen LogP contribution is 2.44. The van der Waals surface area contributed by atoms with Gasteiger partial charge in [0.1, 0.15) is 6.61 Å². The number of benzene rings is 2. The molecule has 1 aliphatic carbocycles. The lowest BCUT2D eigenvalue weighted by Gasteiger charge is -2.44. The molecule has 3 aromatic rings. The van der Waals surface area contributed by atoms with Crippen LogP contribution in [0.1, 0.15) is 29.0 Å². The van der Waals surface area contributed by atoms with E-state index in [4.69, 9.17) is 9.47 Å². The smallest absolute Gasteiger partial charge is 0.410 e. The molecule has 1 amide bonds. The first kappa shape index (κ1) is 20.2. The van der Waals surface area contributed by atoms with E-state index >= 15 is 0 Å². The number of carbonyl (C=O) groups is 1. The fourth-order valence-corrected chi connectivity index (χ4v) is 5.53. The molecule has 2 aliphatic heterocycles. The van der Waals surface area contributed by atoms with Crippen molar-refractivity contribution < 1.29 is 14.3 Å². The van der Waals surface area contributed by atoms with Gasteiger partial charge >= 0.3 is 6.09 Å². The van der Waals surface area contributed by atoms with Gasteiger partial charge in [-0.1, -0.05) is 60.2 Å². The fraction of sp³-hybridized carbons (Fsp3) is 0.286. The van der Waals surface area contributed by atoms with Crippen LogP contribution < -0.4 is 0 Å². The van der Waals surface area contributed by atoms with Crippen LogP contribution in [-0.2, 0) is 15.9 Å². The maximum Gasteiger partial charge on any atom is 0.410 e. The normalized spacial score (nSPS) is 21.2. The number of fused-ring (bicyclic) bond motifs is 5. The van der Waals surface area contributed by atoms with Crippen molar-refractivity contribution in [3.8, 4) is 11.1 Å². The highest BCUT2D eigenvalue weighted by Gasteiger charge is 2.39. The monoisotopic (exact) mass is 438 g/mol. The second-order valence-electron chi connectivity index (χ2n) is 9.03. The Bertz CT molecular complexity index is 1160. The highest BCUT2D eigenvalue weighted by molar-refractivity contribution is 5.79. The van der Waals surface area contributed by atoms with Crippen LogP contribution in [0.25, 0.3) is 11.1 Å². The molecule has 3 aliphatic rings. The van der Waals surface area contributed by atoms with Gasteiger partial charge in [-0.2, -0.15) is 0 Å². The molecule has 33 heavy (non-hydrogen) atoms. The summed E-state index contributed by atoms with van der Waals surface area (Å²) in [5.74, 6) is 0.0695. The van der Waals surface area contributed by atoms with Gasteiger partial charge in [-0.05, 0) is 52.8 Å². The van der Waals surface area contributed by atoms with Crippen LogP contribution in [0.5, 0.6) is 0 Å². The van der Waals surface area contributed by atoms with Gasteiger partial charge in [-0.25, -0.2) is 4.79 Å². The topological polar surface area (TPSA) is 51.7 Å². The van der Waals surface area contributed by atoms with Crippen molar-refractivity contribution in [2.75, 3.05) is 19.8 Å². The minimum Gasteiger partial charge on any atom is -0.448 e. The molecule has 0 N–H and O–H groups in total. The molecule has 5 nitrogen and oxygen atoms in total. The largest absolute Gasteiger partial charge is 0.448 e. The molecule has 2 unspecified atom stereocenters. The minimum absolute atomic E-state index is 0.0150. The summed E-state index contributed by atoms with van der Waals surface area (Å²) in [6, 6.07) is 20.9. The molecule has 5 heteroatoms. The second-order valence-corrected chi connectivity index (χ2v) is 9.03. The third-order valence-electron chi connectivity index (χ3n) is 7.00. The third kappa shape index (κ3) is 3.72. The van der Waals surface area contributed by atoms with Gasteiger partial charge in [0.15, 0.2) is 0 Å². The molecule has 2 atom stereocenters. The zero-order valence-corrected chi connectivity index (χ0v) is 18.4. The van der Waals surface area contributed by atoms with Gasteiger partial charge in [0.25, 0.3) is 0 Å². The van der Waals surface area contributed by atoms with Crippen LogP contribution in [0.2, 0.25) is 0 Å². The van der Waals surface area contributed by atoms with Crippen LogP contribution in [0, 0.1) is 0 Å². The summed E-state index contributed by atoms with van der Waals surface area (Å²) in [4.78, 5) is 19.3. The van der Waals surface area contributed by atoms with E-state index < -0.39 is 0 Å². The molecular formula is C28H26N2O3. The second kappa shape index (κ2) is 8.49. The van der Waals surface area contributed by atoms with Crippen molar-refractivity contribution in [3.05, 3.63) is 101 Å². The summed E-state index contributed by atoms with van der Waals surface area (Å²) in [6.07, 6.45) is 7.29. The van der Waals surface area contributed by atoms with Crippen LogP contribution in [0.3, 0.4) is 0 Å². The molecule has 1 fully saturated rings. The molecule has 0 spiro atoms. The Labute approximate surface area is 193 Å². The van der Waals surface area contributed by atoms with Crippen LogP contribution in [0.4, 0.5) is 4.79 Å². The average molecular weight is 439 g/mol. The lowest BCUT2D eigenvalue weighted by Crippen LogP contribution is -2.56. The Kier molecular flexibility index (Phi) is 5.19. The molecule has 2 bridgehead atoms. The summed E-state index contributed by atoms with van der Waals surface area (Å²) in [7, 11) is 0. The molecule has 166 valence electrons. The molecule has 6 rings (SSSR count). The first-order valence-electron chi connectivity index (χ1n) is 11.6. The summed E-state index contributed by atoms with van der Waals surface area (Å²) in [5, 5.41) is 0. The Morgan fingerprint density at radius 2 is 1.67 bits per heavy atom. The van der Waals surface area contributed by atoms with Gasteiger partial charge in [0, 0.05) is 18.3 Å². The number of hydrogen-bond acceptors (Lipinski definition) is 4. The summed E-state index contributed by atoms with van der Waals surface area (Å²) >= 11 is 0. The first-order chi connectivity index (χ1) is 16.3. The van der Waals surface area contributed by atoms with E-state index in [-0.39, 0.29) is 24.1 Å². The maximum absolute atomic E-state index is 13.3. The number of morpholine rings is 1. The Morgan fingerprint density at radius 1 is 0.970 bits per heavy atom. The first-order valence-corrected chi connectivity index (χ1v) is 11.6. The van der Waals surface area contributed by atoms with Crippen LogP contribution >= 0.6 is 0 Å². The SMILES string of the molecule is O=C(OCC1c2ccccc2-c2ccccc21)N1C2C=C(Cc3ccncc3)CC1COC2. The number of ether oxygens (including phenoxy) is 2. The number of amides is 1.